The number of ether oxygens (including phenoxy) is 1. The van der Waals surface area contributed by atoms with Crippen LogP contribution >= 0.6 is 0 Å². The molecule has 3 aromatic heterocycles. The third-order valence-electron chi connectivity index (χ3n) is 3.51. The average molecular weight is 365 g/mol. The van der Waals surface area contributed by atoms with Gasteiger partial charge in [-0.05, 0) is 24.3 Å². The van der Waals surface area contributed by atoms with Gasteiger partial charge in [0.05, 0.1) is 7.11 Å². The molecular formula is C18H19N7O2. The minimum absolute atomic E-state index is 0.248. The molecule has 3 N–H and O–H groups in total. The summed E-state index contributed by atoms with van der Waals surface area (Å²) in [5, 5.41) is 9.04. The van der Waals surface area contributed by atoms with Crippen molar-refractivity contribution in [3.63, 3.8) is 0 Å². The first-order valence-corrected chi connectivity index (χ1v) is 8.27. The molecule has 0 aliphatic heterocycles. The second kappa shape index (κ2) is 9.09. The van der Waals surface area contributed by atoms with Crippen LogP contribution in [-0.2, 0) is 0 Å². The van der Waals surface area contributed by atoms with Gasteiger partial charge in [0.1, 0.15) is 29.3 Å². The van der Waals surface area contributed by atoms with Gasteiger partial charge in [-0.1, -0.05) is 6.07 Å². The van der Waals surface area contributed by atoms with Gasteiger partial charge in [-0.2, -0.15) is 0 Å². The van der Waals surface area contributed by atoms with Crippen molar-refractivity contribution < 1.29 is 9.53 Å². The van der Waals surface area contributed by atoms with Crippen LogP contribution in [0, 0.1) is 0 Å². The van der Waals surface area contributed by atoms with Crippen LogP contribution in [0.2, 0.25) is 0 Å². The van der Waals surface area contributed by atoms with Crippen molar-refractivity contribution in [3.05, 3.63) is 60.7 Å². The second-order valence-corrected chi connectivity index (χ2v) is 5.37. The number of anilines is 3. The van der Waals surface area contributed by atoms with E-state index in [4.69, 9.17) is 4.74 Å². The van der Waals surface area contributed by atoms with E-state index >= 15 is 0 Å². The monoisotopic (exact) mass is 365 g/mol. The van der Waals surface area contributed by atoms with Crippen molar-refractivity contribution >= 4 is 23.4 Å². The minimum atomic E-state index is -0.248. The molecule has 0 fully saturated rings. The molecule has 1 amide bonds. The number of methoxy groups -OCH3 is 1. The van der Waals surface area contributed by atoms with Gasteiger partial charge in [0.2, 0.25) is 5.88 Å². The number of rotatable bonds is 8. The van der Waals surface area contributed by atoms with E-state index in [2.05, 4.69) is 35.9 Å². The standard InChI is InChI=1S/C18H19N7O2/c1-27-18-13(5-4-8-22-18)17(26)21-10-9-20-15-11-16(24-12-23-15)25-14-6-2-3-7-19-14/h2-8,11-12H,9-10H2,1H3,(H,21,26)(H2,19,20,23,24,25). The minimum Gasteiger partial charge on any atom is -0.480 e. The predicted octanol–water partition coefficient (Wildman–Crippen LogP) is 1.86. The Balaban J connectivity index is 1.49. The lowest BCUT2D eigenvalue weighted by Crippen LogP contribution is -2.29. The molecule has 0 atom stereocenters. The Bertz CT molecular complexity index is 890. The summed E-state index contributed by atoms with van der Waals surface area (Å²) in [4.78, 5) is 28.7. The second-order valence-electron chi connectivity index (χ2n) is 5.37. The molecule has 3 heterocycles. The van der Waals surface area contributed by atoms with Crippen molar-refractivity contribution in [2.45, 2.75) is 0 Å². The van der Waals surface area contributed by atoms with Crippen LogP contribution in [0.3, 0.4) is 0 Å². The fraction of sp³-hybridized carbons (Fsp3) is 0.167. The molecular weight excluding hydrogens is 346 g/mol. The fourth-order valence-corrected chi connectivity index (χ4v) is 2.28. The van der Waals surface area contributed by atoms with Crippen LogP contribution < -0.4 is 20.7 Å². The normalized spacial score (nSPS) is 10.1. The quantitative estimate of drug-likeness (QED) is 0.518. The summed E-state index contributed by atoms with van der Waals surface area (Å²) in [6.45, 7) is 0.901. The van der Waals surface area contributed by atoms with E-state index in [1.807, 2.05) is 18.2 Å². The van der Waals surface area contributed by atoms with Crippen LogP contribution in [0.25, 0.3) is 0 Å². The number of hydrogen-bond acceptors (Lipinski definition) is 8. The molecule has 9 heteroatoms. The number of aromatic nitrogens is 4. The van der Waals surface area contributed by atoms with Gasteiger partial charge in [-0.15, -0.1) is 0 Å². The number of hydrogen-bond donors (Lipinski definition) is 3. The maximum absolute atomic E-state index is 12.2. The predicted molar refractivity (Wildman–Crippen MR) is 101 cm³/mol. The lowest BCUT2D eigenvalue weighted by molar-refractivity contribution is 0.0951. The van der Waals surface area contributed by atoms with Crippen molar-refractivity contribution in [1.29, 1.82) is 0 Å². The molecule has 0 aliphatic carbocycles. The van der Waals surface area contributed by atoms with Crippen LogP contribution in [0.1, 0.15) is 10.4 Å². The Hall–Kier alpha value is -3.75. The topological polar surface area (TPSA) is 114 Å². The highest BCUT2D eigenvalue weighted by Gasteiger charge is 2.11. The molecule has 0 unspecified atom stereocenters. The Kier molecular flexibility index (Phi) is 6.08. The van der Waals surface area contributed by atoms with Gasteiger partial charge in [0.15, 0.2) is 0 Å². The molecule has 0 aliphatic rings. The Morgan fingerprint density at radius 2 is 1.81 bits per heavy atom. The first kappa shape index (κ1) is 18.1. The van der Waals surface area contributed by atoms with E-state index in [0.29, 0.717) is 42.0 Å². The zero-order valence-electron chi connectivity index (χ0n) is 14.7. The van der Waals surface area contributed by atoms with Gasteiger partial charge in [-0.25, -0.2) is 19.9 Å². The third kappa shape index (κ3) is 5.11. The van der Waals surface area contributed by atoms with Gasteiger partial charge in [0, 0.05) is 31.5 Å². The van der Waals surface area contributed by atoms with Gasteiger partial charge in [0.25, 0.3) is 5.91 Å². The van der Waals surface area contributed by atoms with Gasteiger partial charge in [-0.3, -0.25) is 4.79 Å². The van der Waals surface area contributed by atoms with Crippen LogP contribution in [-0.4, -0.2) is 46.0 Å². The highest BCUT2D eigenvalue weighted by atomic mass is 16.5. The number of carbonyl (C=O) groups excluding carboxylic acids is 1. The van der Waals surface area contributed by atoms with Crippen LogP contribution in [0.15, 0.2) is 55.1 Å². The number of nitrogens with zero attached hydrogens (tertiary/aromatic N) is 4. The van der Waals surface area contributed by atoms with Crippen molar-refractivity contribution in [3.8, 4) is 5.88 Å². The van der Waals surface area contributed by atoms with E-state index in [1.54, 1.807) is 30.6 Å². The highest BCUT2D eigenvalue weighted by molar-refractivity contribution is 5.96. The Morgan fingerprint density at radius 3 is 2.63 bits per heavy atom. The molecule has 9 nitrogen and oxygen atoms in total. The average Bonchev–Trinajstić information content (AvgIpc) is 2.72. The summed E-state index contributed by atoms with van der Waals surface area (Å²) in [5.41, 5.74) is 0.392. The van der Waals surface area contributed by atoms with Crippen molar-refractivity contribution in [2.75, 3.05) is 30.8 Å². The summed E-state index contributed by atoms with van der Waals surface area (Å²) in [5.74, 6) is 2.00. The number of amides is 1. The summed E-state index contributed by atoms with van der Waals surface area (Å²) in [6.07, 6.45) is 4.72. The van der Waals surface area contributed by atoms with Crippen molar-refractivity contribution in [1.82, 2.24) is 25.3 Å². The van der Waals surface area contributed by atoms with Crippen LogP contribution in [0.4, 0.5) is 17.5 Å². The van der Waals surface area contributed by atoms with E-state index in [-0.39, 0.29) is 5.91 Å². The molecule has 0 saturated carbocycles. The zero-order chi connectivity index (χ0) is 18.9. The summed E-state index contributed by atoms with van der Waals surface area (Å²) >= 11 is 0. The Labute approximate surface area is 156 Å². The maximum Gasteiger partial charge on any atom is 0.256 e. The summed E-state index contributed by atoms with van der Waals surface area (Å²) < 4.78 is 5.09. The fourth-order valence-electron chi connectivity index (χ4n) is 2.28. The number of pyridine rings is 2. The van der Waals surface area contributed by atoms with E-state index in [1.165, 1.54) is 13.4 Å². The molecule has 3 rings (SSSR count). The van der Waals surface area contributed by atoms with Crippen molar-refractivity contribution in [2.24, 2.45) is 0 Å². The number of carbonyl (C=O) groups is 1. The largest absolute Gasteiger partial charge is 0.480 e. The molecule has 0 aromatic carbocycles. The molecule has 3 aromatic rings. The third-order valence-corrected chi connectivity index (χ3v) is 3.51. The van der Waals surface area contributed by atoms with E-state index in [9.17, 15) is 4.79 Å². The molecule has 0 bridgehead atoms. The Morgan fingerprint density at radius 1 is 0.963 bits per heavy atom. The first-order valence-electron chi connectivity index (χ1n) is 8.27. The zero-order valence-corrected chi connectivity index (χ0v) is 14.7. The maximum atomic E-state index is 12.2. The van der Waals surface area contributed by atoms with E-state index in [0.717, 1.165) is 0 Å². The lowest BCUT2D eigenvalue weighted by atomic mass is 10.2. The molecule has 0 saturated heterocycles. The SMILES string of the molecule is COc1ncccc1C(=O)NCCNc1cc(Nc2ccccn2)ncn1. The number of nitrogens with one attached hydrogen (secondary N) is 3. The molecule has 138 valence electrons. The molecule has 27 heavy (non-hydrogen) atoms. The highest BCUT2D eigenvalue weighted by Crippen LogP contribution is 2.14. The van der Waals surface area contributed by atoms with Gasteiger partial charge >= 0.3 is 0 Å². The van der Waals surface area contributed by atoms with Gasteiger partial charge < -0.3 is 20.7 Å². The van der Waals surface area contributed by atoms with E-state index < -0.39 is 0 Å². The summed E-state index contributed by atoms with van der Waals surface area (Å²) in [6, 6.07) is 10.7. The first-order chi connectivity index (χ1) is 13.3. The summed E-state index contributed by atoms with van der Waals surface area (Å²) in [7, 11) is 1.48. The lowest BCUT2D eigenvalue weighted by Gasteiger charge is -2.10. The molecule has 0 radical (unpaired) electrons. The van der Waals surface area contributed by atoms with Crippen LogP contribution in [0.5, 0.6) is 5.88 Å². The smallest absolute Gasteiger partial charge is 0.256 e. The molecule has 0 spiro atoms.